The zero-order valence-corrected chi connectivity index (χ0v) is 12.8. The van der Waals surface area contributed by atoms with E-state index in [0.29, 0.717) is 25.0 Å². The molecule has 2 fully saturated rings. The smallest absolute Gasteiger partial charge is 0.217 e. The van der Waals surface area contributed by atoms with Gasteiger partial charge in [-0.1, -0.05) is 0 Å². The normalized spacial score (nSPS) is 23.7. The van der Waals surface area contributed by atoms with Gasteiger partial charge in [-0.05, 0) is 38.5 Å². The Kier molecular flexibility index (Phi) is 5.22. The number of nitrogens with one attached hydrogen (secondary N) is 1. The summed E-state index contributed by atoms with van der Waals surface area (Å²) < 4.78 is 31.6. The Bertz CT molecular complexity index is 375. The maximum atomic E-state index is 12.4. The number of sulfonamides is 1. The quantitative estimate of drug-likeness (QED) is 0.754. The van der Waals surface area contributed by atoms with Crippen LogP contribution in [0, 0.1) is 5.92 Å². The van der Waals surface area contributed by atoms with Crippen molar-refractivity contribution in [2.75, 3.05) is 33.4 Å². The predicted molar refractivity (Wildman–Crippen MR) is 75.6 cm³/mol. The monoisotopic (exact) mass is 290 g/mol. The van der Waals surface area contributed by atoms with Crippen LogP contribution >= 0.6 is 0 Å². The van der Waals surface area contributed by atoms with Crippen molar-refractivity contribution in [2.24, 2.45) is 5.92 Å². The molecule has 1 saturated heterocycles. The summed E-state index contributed by atoms with van der Waals surface area (Å²) in [6.45, 7) is 4.50. The third kappa shape index (κ3) is 4.41. The molecule has 1 N–H and O–H groups in total. The van der Waals surface area contributed by atoms with Gasteiger partial charge in [0.2, 0.25) is 10.0 Å². The molecule has 6 heteroatoms. The van der Waals surface area contributed by atoms with E-state index in [2.05, 4.69) is 5.32 Å². The SMILES string of the molecule is CC(CNC1CC1)S(=O)(=O)N(C)CC1CCOCC1. The molecule has 0 radical (unpaired) electrons. The molecule has 1 aliphatic carbocycles. The third-order valence-corrected chi connectivity index (χ3v) is 6.27. The first-order chi connectivity index (χ1) is 9.00. The second-order valence-corrected chi connectivity index (χ2v) is 8.33. The molecule has 5 nitrogen and oxygen atoms in total. The lowest BCUT2D eigenvalue weighted by atomic mass is 10.0. The van der Waals surface area contributed by atoms with Crippen LogP contribution in [0.25, 0.3) is 0 Å². The lowest BCUT2D eigenvalue weighted by Gasteiger charge is -2.28. The van der Waals surface area contributed by atoms with Crippen LogP contribution in [0.15, 0.2) is 0 Å². The third-order valence-electron chi connectivity index (χ3n) is 4.07. The zero-order valence-electron chi connectivity index (χ0n) is 12.0. The van der Waals surface area contributed by atoms with E-state index in [0.717, 1.165) is 26.1 Å². The molecule has 0 amide bonds. The van der Waals surface area contributed by atoms with Gasteiger partial charge in [0.15, 0.2) is 0 Å². The van der Waals surface area contributed by atoms with Crippen LogP contribution < -0.4 is 5.32 Å². The van der Waals surface area contributed by atoms with Gasteiger partial charge in [0.1, 0.15) is 0 Å². The predicted octanol–water partition coefficient (Wildman–Crippen LogP) is 0.815. The largest absolute Gasteiger partial charge is 0.381 e. The number of hydrogen-bond donors (Lipinski definition) is 1. The second kappa shape index (κ2) is 6.52. The molecule has 2 rings (SSSR count). The number of ether oxygens (including phenoxy) is 1. The van der Waals surface area contributed by atoms with Crippen LogP contribution in [0.4, 0.5) is 0 Å². The molecular weight excluding hydrogens is 264 g/mol. The Labute approximate surface area is 116 Å². The fourth-order valence-corrected chi connectivity index (χ4v) is 3.77. The van der Waals surface area contributed by atoms with Gasteiger partial charge in [-0.25, -0.2) is 12.7 Å². The van der Waals surface area contributed by atoms with E-state index in [-0.39, 0.29) is 5.25 Å². The van der Waals surface area contributed by atoms with Crippen molar-refractivity contribution in [3.63, 3.8) is 0 Å². The Morgan fingerprint density at radius 3 is 2.47 bits per heavy atom. The highest BCUT2D eigenvalue weighted by atomic mass is 32.2. The van der Waals surface area contributed by atoms with Gasteiger partial charge in [0, 0.05) is 39.4 Å². The molecule has 19 heavy (non-hydrogen) atoms. The first-order valence-corrected chi connectivity index (χ1v) is 8.76. The molecule has 0 aromatic heterocycles. The zero-order chi connectivity index (χ0) is 13.9. The summed E-state index contributed by atoms with van der Waals surface area (Å²) in [4.78, 5) is 0. The Balaban J connectivity index is 1.81. The average Bonchev–Trinajstić information content (AvgIpc) is 3.21. The van der Waals surface area contributed by atoms with Crippen molar-refractivity contribution in [2.45, 2.75) is 43.9 Å². The highest BCUT2D eigenvalue weighted by molar-refractivity contribution is 7.89. The second-order valence-electron chi connectivity index (χ2n) is 5.87. The maximum Gasteiger partial charge on any atom is 0.217 e. The molecule has 1 saturated carbocycles. The summed E-state index contributed by atoms with van der Waals surface area (Å²) in [6, 6.07) is 0.554. The van der Waals surface area contributed by atoms with Crippen molar-refractivity contribution in [3.05, 3.63) is 0 Å². The summed E-state index contributed by atoms with van der Waals surface area (Å²) in [5.74, 6) is 0.442. The van der Waals surface area contributed by atoms with Crippen molar-refractivity contribution in [1.82, 2.24) is 9.62 Å². The Hall–Kier alpha value is -0.170. The molecule has 0 aromatic rings. The summed E-state index contributed by atoms with van der Waals surface area (Å²) >= 11 is 0. The van der Waals surface area contributed by atoms with Crippen LogP contribution in [0.5, 0.6) is 0 Å². The molecule has 1 heterocycles. The molecule has 1 aliphatic heterocycles. The molecule has 1 atom stereocenters. The van der Waals surface area contributed by atoms with Crippen LogP contribution in [0.1, 0.15) is 32.6 Å². The number of nitrogens with zero attached hydrogens (tertiary/aromatic N) is 1. The standard InChI is InChI=1S/C13H26N2O3S/c1-11(9-14-13-3-4-13)19(16,17)15(2)10-12-5-7-18-8-6-12/h11-14H,3-10H2,1-2H3. The highest BCUT2D eigenvalue weighted by Crippen LogP contribution is 2.20. The van der Waals surface area contributed by atoms with Gasteiger partial charge in [0.05, 0.1) is 5.25 Å². The van der Waals surface area contributed by atoms with E-state index in [1.54, 1.807) is 18.3 Å². The minimum Gasteiger partial charge on any atom is -0.381 e. The summed E-state index contributed by atoms with van der Waals surface area (Å²) in [5, 5.41) is 2.95. The van der Waals surface area contributed by atoms with Gasteiger partial charge in [0.25, 0.3) is 0 Å². The molecule has 0 bridgehead atoms. The molecule has 2 aliphatic rings. The fraction of sp³-hybridized carbons (Fsp3) is 1.00. The lowest BCUT2D eigenvalue weighted by Crippen LogP contribution is -2.43. The van der Waals surface area contributed by atoms with E-state index in [9.17, 15) is 8.42 Å². The van der Waals surface area contributed by atoms with E-state index in [4.69, 9.17) is 4.74 Å². The van der Waals surface area contributed by atoms with E-state index in [1.165, 1.54) is 12.8 Å². The van der Waals surface area contributed by atoms with E-state index in [1.807, 2.05) is 0 Å². The molecule has 0 spiro atoms. The van der Waals surface area contributed by atoms with Gasteiger partial charge >= 0.3 is 0 Å². The fourth-order valence-electron chi connectivity index (χ4n) is 2.43. The number of hydrogen-bond acceptors (Lipinski definition) is 4. The van der Waals surface area contributed by atoms with Gasteiger partial charge in [-0.15, -0.1) is 0 Å². The van der Waals surface area contributed by atoms with Gasteiger partial charge < -0.3 is 10.1 Å². The van der Waals surface area contributed by atoms with Crippen LogP contribution in [-0.2, 0) is 14.8 Å². The number of rotatable bonds is 7. The summed E-state index contributed by atoms with van der Waals surface area (Å²) in [7, 11) is -1.47. The minimum atomic E-state index is -3.18. The average molecular weight is 290 g/mol. The van der Waals surface area contributed by atoms with Gasteiger partial charge in [-0.2, -0.15) is 0 Å². The van der Waals surface area contributed by atoms with Crippen LogP contribution in [-0.4, -0.2) is 57.4 Å². The van der Waals surface area contributed by atoms with Crippen molar-refractivity contribution in [1.29, 1.82) is 0 Å². The first-order valence-electron chi connectivity index (χ1n) is 7.26. The maximum absolute atomic E-state index is 12.4. The molecule has 1 unspecified atom stereocenters. The minimum absolute atomic E-state index is 0.349. The summed E-state index contributed by atoms with van der Waals surface area (Å²) in [6.07, 6.45) is 4.30. The van der Waals surface area contributed by atoms with E-state index >= 15 is 0 Å². The summed E-state index contributed by atoms with van der Waals surface area (Å²) in [5.41, 5.74) is 0. The Morgan fingerprint density at radius 1 is 1.26 bits per heavy atom. The van der Waals surface area contributed by atoms with Crippen LogP contribution in [0.2, 0.25) is 0 Å². The Morgan fingerprint density at radius 2 is 1.89 bits per heavy atom. The van der Waals surface area contributed by atoms with Crippen molar-refractivity contribution >= 4 is 10.0 Å². The van der Waals surface area contributed by atoms with E-state index < -0.39 is 10.0 Å². The molecule has 0 aromatic carbocycles. The van der Waals surface area contributed by atoms with Gasteiger partial charge in [-0.3, -0.25) is 0 Å². The lowest BCUT2D eigenvalue weighted by molar-refractivity contribution is 0.0619. The van der Waals surface area contributed by atoms with Crippen molar-refractivity contribution in [3.8, 4) is 0 Å². The molecule has 112 valence electrons. The van der Waals surface area contributed by atoms with Crippen molar-refractivity contribution < 1.29 is 13.2 Å². The molecular formula is C13H26N2O3S. The van der Waals surface area contributed by atoms with Crippen LogP contribution in [0.3, 0.4) is 0 Å². The first kappa shape index (κ1) is 15.2. The highest BCUT2D eigenvalue weighted by Gasteiger charge is 2.30. The topological polar surface area (TPSA) is 58.6 Å².